The summed E-state index contributed by atoms with van der Waals surface area (Å²) in [6, 6.07) is 1.60. The molecule has 0 bridgehead atoms. The molecule has 1 aromatic heterocycles. The first-order chi connectivity index (χ1) is 5.65. The van der Waals surface area contributed by atoms with Crippen molar-refractivity contribution in [3.63, 3.8) is 0 Å². The van der Waals surface area contributed by atoms with Gasteiger partial charge >= 0.3 is 5.97 Å². The van der Waals surface area contributed by atoms with E-state index >= 15 is 0 Å². The average Bonchev–Trinajstić information content (AvgIpc) is 2.37. The van der Waals surface area contributed by atoms with Crippen molar-refractivity contribution in [1.82, 2.24) is 0 Å². The molecule has 0 aliphatic rings. The van der Waals surface area contributed by atoms with Crippen LogP contribution in [0, 0.1) is 0 Å². The van der Waals surface area contributed by atoms with E-state index in [0.717, 1.165) is 4.47 Å². The van der Waals surface area contributed by atoms with Gasteiger partial charge in [-0.2, -0.15) is 0 Å². The number of carboxylic acid groups (broad SMARTS) is 1. The molecule has 4 nitrogen and oxygen atoms in total. The first-order valence-electron chi connectivity index (χ1n) is 3.32. The van der Waals surface area contributed by atoms with Gasteiger partial charge in [0.25, 0.3) is 0 Å². The monoisotopic (exact) mass is 233 g/mol. The highest BCUT2D eigenvalue weighted by atomic mass is 79.9. The summed E-state index contributed by atoms with van der Waals surface area (Å²) in [5, 5.41) is 8.68. The number of rotatable bonds is 3. The predicted octanol–water partition coefficient (Wildman–Crippen LogP) is 1.17. The number of carboxylic acids is 1. The van der Waals surface area contributed by atoms with Crippen molar-refractivity contribution in [1.29, 1.82) is 0 Å². The second-order valence-corrected chi connectivity index (χ2v) is 3.21. The van der Waals surface area contributed by atoms with Crippen LogP contribution in [0.4, 0.5) is 0 Å². The summed E-state index contributed by atoms with van der Waals surface area (Å²) in [6.07, 6.45) is 1.43. The molecule has 0 aliphatic heterocycles. The zero-order chi connectivity index (χ0) is 9.14. The Morgan fingerprint density at radius 1 is 1.83 bits per heavy atom. The van der Waals surface area contributed by atoms with Gasteiger partial charge in [-0.3, -0.25) is 4.79 Å². The first kappa shape index (κ1) is 9.28. The van der Waals surface area contributed by atoms with Crippen LogP contribution in [0.1, 0.15) is 11.7 Å². The lowest BCUT2D eigenvalue weighted by Gasteiger charge is -2.04. The number of carbonyl (C=O) groups is 1. The third-order valence-corrected chi connectivity index (χ3v) is 1.88. The lowest BCUT2D eigenvalue weighted by molar-refractivity contribution is -0.138. The minimum absolute atomic E-state index is 0.0370. The topological polar surface area (TPSA) is 76.5 Å². The number of furan rings is 1. The van der Waals surface area contributed by atoms with Crippen molar-refractivity contribution in [3.8, 4) is 0 Å². The Bertz CT molecular complexity index is 284. The lowest BCUT2D eigenvalue weighted by Crippen LogP contribution is -2.20. The second kappa shape index (κ2) is 3.73. The maximum Gasteiger partial charge on any atom is 0.315 e. The van der Waals surface area contributed by atoms with Gasteiger partial charge in [-0.1, -0.05) is 0 Å². The molecule has 1 heterocycles. The number of aliphatic carboxylic acids is 1. The Hall–Kier alpha value is -0.810. The fourth-order valence-electron chi connectivity index (χ4n) is 0.850. The minimum Gasteiger partial charge on any atom is -0.481 e. The van der Waals surface area contributed by atoms with Gasteiger partial charge < -0.3 is 15.3 Å². The summed E-state index contributed by atoms with van der Waals surface area (Å²) in [5.74, 6) is -1.35. The lowest BCUT2D eigenvalue weighted by atomic mass is 10.1. The van der Waals surface area contributed by atoms with Crippen molar-refractivity contribution in [2.24, 2.45) is 5.73 Å². The Kier molecular flexibility index (Phi) is 2.88. The van der Waals surface area contributed by atoms with Crippen LogP contribution in [0.15, 0.2) is 21.2 Å². The molecule has 66 valence electrons. The van der Waals surface area contributed by atoms with Gasteiger partial charge in [0, 0.05) is 6.54 Å². The van der Waals surface area contributed by atoms with Crippen LogP contribution >= 0.6 is 15.9 Å². The van der Waals surface area contributed by atoms with Crippen molar-refractivity contribution in [3.05, 3.63) is 22.6 Å². The smallest absolute Gasteiger partial charge is 0.315 e. The summed E-state index contributed by atoms with van der Waals surface area (Å²) < 4.78 is 5.69. The maximum absolute atomic E-state index is 10.6. The zero-order valence-corrected chi connectivity index (χ0v) is 7.74. The van der Waals surface area contributed by atoms with E-state index in [1.54, 1.807) is 6.07 Å². The Morgan fingerprint density at radius 3 is 2.83 bits per heavy atom. The molecule has 0 saturated heterocycles. The third kappa shape index (κ3) is 1.86. The molecule has 0 fully saturated rings. The molecule has 0 aliphatic carbocycles. The molecule has 3 N–H and O–H groups in total. The van der Waals surface area contributed by atoms with E-state index in [-0.39, 0.29) is 6.54 Å². The van der Waals surface area contributed by atoms with Crippen LogP contribution in [0.2, 0.25) is 0 Å². The molecular formula is C7H8BrNO3. The van der Waals surface area contributed by atoms with Crippen LogP contribution in [0.25, 0.3) is 0 Å². The van der Waals surface area contributed by atoms with Crippen LogP contribution < -0.4 is 5.73 Å². The Balaban J connectivity index is 2.87. The van der Waals surface area contributed by atoms with Gasteiger partial charge in [0.1, 0.15) is 17.9 Å². The highest BCUT2D eigenvalue weighted by Gasteiger charge is 2.21. The van der Waals surface area contributed by atoms with Crippen molar-refractivity contribution in [2.75, 3.05) is 6.54 Å². The Labute approximate surface area is 77.5 Å². The molecule has 5 heteroatoms. The molecule has 0 spiro atoms. The number of hydrogen-bond acceptors (Lipinski definition) is 3. The largest absolute Gasteiger partial charge is 0.481 e. The number of hydrogen-bond donors (Lipinski definition) is 2. The van der Waals surface area contributed by atoms with Crippen LogP contribution in [-0.4, -0.2) is 17.6 Å². The SMILES string of the molecule is NCC(C(=O)O)c1cc(Br)co1. The van der Waals surface area contributed by atoms with Gasteiger partial charge in [0.15, 0.2) is 0 Å². The summed E-state index contributed by atoms with van der Waals surface area (Å²) in [5.41, 5.74) is 5.26. The summed E-state index contributed by atoms with van der Waals surface area (Å²) in [7, 11) is 0. The van der Waals surface area contributed by atoms with Gasteiger partial charge in [-0.25, -0.2) is 0 Å². The standard InChI is InChI=1S/C7H8BrNO3/c8-4-1-6(12-3-4)5(2-9)7(10)11/h1,3,5H,2,9H2,(H,10,11). The van der Waals surface area contributed by atoms with Gasteiger partial charge in [0.05, 0.1) is 4.47 Å². The van der Waals surface area contributed by atoms with Gasteiger partial charge in [-0.05, 0) is 22.0 Å². The van der Waals surface area contributed by atoms with E-state index in [4.69, 9.17) is 15.3 Å². The molecule has 12 heavy (non-hydrogen) atoms. The summed E-state index contributed by atoms with van der Waals surface area (Å²) in [6.45, 7) is 0.0370. The molecule has 1 atom stereocenters. The molecular weight excluding hydrogens is 226 g/mol. The summed E-state index contributed by atoms with van der Waals surface area (Å²) >= 11 is 3.15. The predicted molar refractivity (Wildman–Crippen MR) is 45.8 cm³/mol. The van der Waals surface area contributed by atoms with E-state index in [2.05, 4.69) is 15.9 Å². The fraction of sp³-hybridized carbons (Fsp3) is 0.286. The van der Waals surface area contributed by atoms with E-state index in [1.807, 2.05) is 0 Å². The second-order valence-electron chi connectivity index (χ2n) is 2.29. The van der Waals surface area contributed by atoms with E-state index in [1.165, 1.54) is 6.26 Å². The quantitative estimate of drug-likeness (QED) is 0.822. The van der Waals surface area contributed by atoms with E-state index in [0.29, 0.717) is 5.76 Å². The van der Waals surface area contributed by atoms with E-state index in [9.17, 15) is 4.79 Å². The zero-order valence-electron chi connectivity index (χ0n) is 6.16. The Morgan fingerprint density at radius 2 is 2.50 bits per heavy atom. The molecule has 1 unspecified atom stereocenters. The molecule has 1 aromatic rings. The third-order valence-electron chi connectivity index (χ3n) is 1.46. The molecule has 0 saturated carbocycles. The van der Waals surface area contributed by atoms with Gasteiger partial charge in [-0.15, -0.1) is 0 Å². The van der Waals surface area contributed by atoms with Gasteiger partial charge in [0.2, 0.25) is 0 Å². The number of halogens is 1. The summed E-state index contributed by atoms with van der Waals surface area (Å²) in [4.78, 5) is 10.6. The molecule has 0 amide bonds. The normalized spacial score (nSPS) is 12.8. The minimum atomic E-state index is -0.973. The fourth-order valence-corrected chi connectivity index (χ4v) is 1.17. The van der Waals surface area contributed by atoms with Crippen LogP contribution in [-0.2, 0) is 4.79 Å². The number of nitrogens with two attached hydrogens (primary N) is 1. The highest BCUT2D eigenvalue weighted by Crippen LogP contribution is 2.21. The van der Waals surface area contributed by atoms with Crippen molar-refractivity contribution >= 4 is 21.9 Å². The van der Waals surface area contributed by atoms with Crippen molar-refractivity contribution in [2.45, 2.75) is 5.92 Å². The molecule has 1 rings (SSSR count). The van der Waals surface area contributed by atoms with Crippen LogP contribution in [0.5, 0.6) is 0 Å². The first-order valence-corrected chi connectivity index (χ1v) is 4.11. The van der Waals surface area contributed by atoms with Crippen LogP contribution in [0.3, 0.4) is 0 Å². The molecule has 0 aromatic carbocycles. The van der Waals surface area contributed by atoms with E-state index < -0.39 is 11.9 Å². The van der Waals surface area contributed by atoms with Crippen molar-refractivity contribution < 1.29 is 14.3 Å². The highest BCUT2D eigenvalue weighted by molar-refractivity contribution is 9.10. The maximum atomic E-state index is 10.6. The molecule has 0 radical (unpaired) electrons. The average molecular weight is 234 g/mol.